The third-order valence-electron chi connectivity index (χ3n) is 5.76. The van der Waals surface area contributed by atoms with Crippen LogP contribution in [0.3, 0.4) is 0 Å². The quantitative estimate of drug-likeness (QED) is 0.0922. The number of unbranched alkanes of at least 4 members (excludes halogenated alkanes) is 19. The van der Waals surface area contributed by atoms with Gasteiger partial charge in [0.25, 0.3) is 0 Å². The fourth-order valence-electron chi connectivity index (χ4n) is 3.89. The van der Waals surface area contributed by atoms with E-state index >= 15 is 0 Å². The summed E-state index contributed by atoms with van der Waals surface area (Å²) >= 11 is 12.2. The summed E-state index contributed by atoms with van der Waals surface area (Å²) in [5, 5.41) is 8.59. The fraction of sp³-hybridized carbons (Fsp3) is 0.958. The Hall–Kier alpha value is 0.267. The summed E-state index contributed by atoms with van der Waals surface area (Å²) in [6, 6.07) is 1.05. The van der Waals surface area contributed by atoms with E-state index in [1.165, 1.54) is 116 Å². The summed E-state index contributed by atoms with van der Waals surface area (Å²) in [4.78, 5) is 10.4. The predicted molar refractivity (Wildman–Crippen MR) is 133 cm³/mol. The Bertz CT molecular complexity index is 359. The van der Waals surface area contributed by atoms with Crippen LogP contribution in [0.1, 0.15) is 135 Å². The van der Waals surface area contributed by atoms with Gasteiger partial charge in [0.2, 0.25) is 6.69 Å². The Morgan fingerprint density at radius 3 is 1.03 bits per heavy atom. The number of hydrogen-bond acceptors (Lipinski definition) is 1. The van der Waals surface area contributed by atoms with Gasteiger partial charge in [-0.2, -0.15) is 0 Å². The van der Waals surface area contributed by atoms with Gasteiger partial charge in [0.05, 0.1) is 0 Å². The lowest BCUT2D eigenvalue weighted by Crippen LogP contribution is -2.11. The second-order valence-electron chi connectivity index (χ2n) is 9.04. The van der Waals surface area contributed by atoms with E-state index in [-0.39, 0.29) is 0 Å². The van der Waals surface area contributed by atoms with Crippen LogP contribution in [0, 0.1) is 0 Å². The molecule has 0 aromatic heterocycles. The molecule has 0 radical (unpaired) electrons. The van der Waals surface area contributed by atoms with Gasteiger partial charge in [0, 0.05) is 6.42 Å². The van der Waals surface area contributed by atoms with Crippen molar-refractivity contribution in [2.24, 2.45) is 0 Å². The van der Waals surface area contributed by atoms with Crippen molar-refractivity contribution in [3.63, 3.8) is 0 Å². The molecule has 29 heavy (non-hydrogen) atoms. The van der Waals surface area contributed by atoms with Crippen LogP contribution in [-0.4, -0.2) is 17.8 Å². The summed E-state index contributed by atoms with van der Waals surface area (Å²) < 4.78 is 0. The smallest absolute Gasteiger partial charge is 0.303 e. The van der Waals surface area contributed by atoms with Crippen molar-refractivity contribution in [2.45, 2.75) is 147 Å². The third-order valence-corrected chi connectivity index (χ3v) is 8.12. The van der Waals surface area contributed by atoms with Gasteiger partial charge in [-0.05, 0) is 19.0 Å². The van der Waals surface area contributed by atoms with Crippen molar-refractivity contribution in [1.82, 2.24) is 0 Å². The summed E-state index contributed by atoms with van der Waals surface area (Å²) in [7, 11) is 0. The number of rotatable bonds is 23. The number of halogens is 2. The highest BCUT2D eigenvalue weighted by molar-refractivity contribution is 7.44. The molecule has 5 heteroatoms. The Labute approximate surface area is 191 Å². The van der Waals surface area contributed by atoms with Gasteiger partial charge in [-0.15, -0.1) is 22.2 Å². The maximum absolute atomic E-state index is 10.4. The van der Waals surface area contributed by atoms with Gasteiger partial charge in [-0.25, -0.2) is 0 Å². The highest BCUT2D eigenvalue weighted by Gasteiger charge is 2.19. The van der Waals surface area contributed by atoms with Gasteiger partial charge in [0.1, 0.15) is 0 Å². The van der Waals surface area contributed by atoms with Crippen molar-refractivity contribution in [2.75, 3.05) is 0 Å². The molecule has 0 atom stereocenters. The van der Waals surface area contributed by atoms with E-state index in [1.807, 2.05) is 6.55 Å². The summed E-state index contributed by atoms with van der Waals surface area (Å²) in [6.07, 6.45) is 26.8. The highest BCUT2D eigenvalue weighted by atomic mass is 35.7. The SMILES string of the molecule is C[Si](Cl)(Cl)CCCCCCCCCCCCCCCCCCCCCCC(=O)O. The molecule has 0 unspecified atom stereocenters. The van der Waals surface area contributed by atoms with E-state index in [0.717, 1.165) is 18.9 Å². The lowest BCUT2D eigenvalue weighted by atomic mass is 10.0. The van der Waals surface area contributed by atoms with Gasteiger partial charge >= 0.3 is 5.97 Å². The van der Waals surface area contributed by atoms with Crippen molar-refractivity contribution >= 4 is 34.8 Å². The monoisotopic (exact) mass is 466 g/mol. The maximum Gasteiger partial charge on any atom is 0.303 e. The van der Waals surface area contributed by atoms with E-state index in [2.05, 4.69) is 0 Å². The maximum atomic E-state index is 10.4. The van der Waals surface area contributed by atoms with Crippen molar-refractivity contribution in [3.05, 3.63) is 0 Å². The lowest BCUT2D eigenvalue weighted by molar-refractivity contribution is -0.137. The second-order valence-corrected chi connectivity index (χ2v) is 17.3. The predicted octanol–water partition coefficient (Wildman–Crippen LogP) is 9.81. The number of hydrogen-bond donors (Lipinski definition) is 1. The first-order valence-corrected chi connectivity index (χ1v) is 17.2. The highest BCUT2D eigenvalue weighted by Crippen LogP contribution is 2.23. The van der Waals surface area contributed by atoms with Gasteiger partial charge in [-0.1, -0.05) is 122 Å². The first-order valence-electron chi connectivity index (χ1n) is 12.5. The van der Waals surface area contributed by atoms with Crippen molar-refractivity contribution in [3.8, 4) is 0 Å². The van der Waals surface area contributed by atoms with Crippen LogP contribution in [0.4, 0.5) is 0 Å². The molecule has 0 amide bonds. The van der Waals surface area contributed by atoms with Gasteiger partial charge in [-0.3, -0.25) is 4.79 Å². The van der Waals surface area contributed by atoms with Crippen LogP contribution in [0.25, 0.3) is 0 Å². The Balaban J connectivity index is 3.04. The molecule has 0 aliphatic heterocycles. The molecular weight excluding hydrogens is 419 g/mol. The molecule has 0 rings (SSSR count). The molecule has 0 aliphatic carbocycles. The van der Waals surface area contributed by atoms with Crippen LogP contribution in [0.5, 0.6) is 0 Å². The van der Waals surface area contributed by atoms with Crippen molar-refractivity contribution in [1.29, 1.82) is 0 Å². The molecule has 174 valence electrons. The zero-order chi connectivity index (χ0) is 21.6. The molecule has 0 aliphatic rings. The first-order chi connectivity index (χ1) is 13.9. The molecule has 0 heterocycles. The zero-order valence-electron chi connectivity index (χ0n) is 19.2. The first kappa shape index (κ1) is 29.3. The molecule has 0 fully saturated rings. The molecule has 1 N–H and O–H groups in total. The van der Waals surface area contributed by atoms with E-state index in [1.54, 1.807) is 0 Å². The normalized spacial score (nSPS) is 11.8. The van der Waals surface area contributed by atoms with Crippen LogP contribution in [0.15, 0.2) is 0 Å². The minimum absolute atomic E-state index is 0.339. The third kappa shape index (κ3) is 28.3. The standard InChI is InChI=1S/C24H48Cl2O2Si/c1-29(25,26)23-21-19-17-15-13-11-9-7-5-3-2-4-6-8-10-12-14-16-18-20-22-24(27)28/h2-23H2,1H3,(H,27,28). The van der Waals surface area contributed by atoms with E-state index in [0.29, 0.717) is 6.42 Å². The topological polar surface area (TPSA) is 37.3 Å². The molecule has 0 spiro atoms. The number of carbonyl (C=O) groups is 1. The Morgan fingerprint density at radius 2 is 0.793 bits per heavy atom. The largest absolute Gasteiger partial charge is 0.481 e. The van der Waals surface area contributed by atoms with E-state index < -0.39 is 12.7 Å². The van der Waals surface area contributed by atoms with Gasteiger partial charge < -0.3 is 5.11 Å². The summed E-state index contributed by atoms with van der Waals surface area (Å²) in [6.45, 7) is 0.176. The van der Waals surface area contributed by atoms with Crippen LogP contribution < -0.4 is 0 Å². The molecule has 0 aromatic rings. The average Bonchev–Trinajstić information content (AvgIpc) is 2.64. The number of carboxylic acids is 1. The molecule has 2 nitrogen and oxygen atoms in total. The number of carboxylic acid groups (broad SMARTS) is 1. The molecule has 0 bridgehead atoms. The molecule has 0 aromatic carbocycles. The van der Waals surface area contributed by atoms with Crippen LogP contribution in [0.2, 0.25) is 12.6 Å². The molecule has 0 saturated carbocycles. The number of aliphatic carboxylic acids is 1. The van der Waals surface area contributed by atoms with Crippen LogP contribution in [-0.2, 0) is 4.79 Å². The molecular formula is C24H48Cl2O2Si. The lowest BCUT2D eigenvalue weighted by Gasteiger charge is -2.09. The van der Waals surface area contributed by atoms with E-state index in [4.69, 9.17) is 27.3 Å². The van der Waals surface area contributed by atoms with Gasteiger partial charge in [0.15, 0.2) is 0 Å². The second kappa shape index (κ2) is 21.5. The zero-order valence-corrected chi connectivity index (χ0v) is 21.7. The Morgan fingerprint density at radius 1 is 0.552 bits per heavy atom. The van der Waals surface area contributed by atoms with E-state index in [9.17, 15) is 4.79 Å². The minimum Gasteiger partial charge on any atom is -0.481 e. The molecule has 0 saturated heterocycles. The average molecular weight is 468 g/mol. The summed E-state index contributed by atoms with van der Waals surface area (Å²) in [5.41, 5.74) is 0. The van der Waals surface area contributed by atoms with Crippen LogP contribution >= 0.6 is 22.2 Å². The Kier molecular flexibility index (Phi) is 21.7. The van der Waals surface area contributed by atoms with Crippen molar-refractivity contribution < 1.29 is 9.90 Å². The summed E-state index contributed by atoms with van der Waals surface area (Å²) in [5.74, 6) is -0.656. The minimum atomic E-state index is -1.85. The fourth-order valence-corrected chi connectivity index (χ4v) is 5.57.